The molecule has 0 spiro atoms. The molecule has 3 rings (SSSR count). The molecule has 0 amide bonds. The van der Waals surface area contributed by atoms with Crippen LogP contribution in [0.1, 0.15) is 32.6 Å². The Morgan fingerprint density at radius 1 is 1.15 bits per heavy atom. The van der Waals surface area contributed by atoms with Gasteiger partial charge in [-0.05, 0) is 30.9 Å². The Morgan fingerprint density at radius 2 is 1.85 bits per heavy atom. The van der Waals surface area contributed by atoms with Gasteiger partial charge in [0, 0.05) is 13.1 Å². The zero-order chi connectivity index (χ0) is 14.1. The number of nitrogens with zero attached hydrogens (tertiary/aromatic N) is 3. The molecule has 0 saturated heterocycles. The van der Waals surface area contributed by atoms with Crippen molar-refractivity contribution in [3.8, 4) is 0 Å². The number of fused-ring (bicyclic) bond motifs is 1. The number of nitrogens with two attached hydrogens (primary N) is 1. The van der Waals surface area contributed by atoms with Crippen LogP contribution in [0.5, 0.6) is 0 Å². The number of anilines is 2. The second kappa shape index (κ2) is 5.27. The van der Waals surface area contributed by atoms with Gasteiger partial charge in [0.05, 0.1) is 11.0 Å². The lowest BCUT2D eigenvalue weighted by Gasteiger charge is -2.35. The first-order chi connectivity index (χ1) is 9.65. The third-order valence-electron chi connectivity index (χ3n) is 4.37. The van der Waals surface area contributed by atoms with Crippen molar-refractivity contribution in [3.05, 3.63) is 24.3 Å². The van der Waals surface area contributed by atoms with Crippen LogP contribution < -0.4 is 10.6 Å². The van der Waals surface area contributed by atoms with Crippen molar-refractivity contribution >= 4 is 22.7 Å². The summed E-state index contributed by atoms with van der Waals surface area (Å²) in [6, 6.07) is 8.41. The van der Waals surface area contributed by atoms with Crippen molar-refractivity contribution < 1.29 is 0 Å². The van der Waals surface area contributed by atoms with E-state index in [0.717, 1.165) is 22.8 Å². The van der Waals surface area contributed by atoms with Gasteiger partial charge in [-0.2, -0.15) is 0 Å². The average Bonchev–Trinajstić information content (AvgIpc) is 2.46. The van der Waals surface area contributed by atoms with Crippen molar-refractivity contribution in [3.63, 3.8) is 0 Å². The molecule has 0 aliphatic heterocycles. The van der Waals surface area contributed by atoms with Gasteiger partial charge in [-0.15, -0.1) is 0 Å². The molecule has 106 valence electrons. The summed E-state index contributed by atoms with van der Waals surface area (Å²) in [5.41, 5.74) is 7.88. The van der Waals surface area contributed by atoms with E-state index in [1.807, 2.05) is 24.3 Å². The van der Waals surface area contributed by atoms with Crippen LogP contribution in [0.2, 0.25) is 0 Å². The zero-order valence-electron chi connectivity index (χ0n) is 12.2. The average molecular weight is 270 g/mol. The van der Waals surface area contributed by atoms with Crippen molar-refractivity contribution in [2.75, 3.05) is 17.7 Å². The van der Waals surface area contributed by atoms with E-state index in [0.29, 0.717) is 11.9 Å². The van der Waals surface area contributed by atoms with Crippen LogP contribution in [0.4, 0.5) is 11.6 Å². The van der Waals surface area contributed by atoms with Gasteiger partial charge in [0.15, 0.2) is 11.6 Å². The SMILES string of the molecule is CC1CCCC(N(C)c2nc3ccccc3nc2N)C1. The normalized spacial score (nSPS) is 22.9. The Hall–Kier alpha value is -1.84. The maximum atomic E-state index is 6.11. The predicted octanol–water partition coefficient (Wildman–Crippen LogP) is 3.23. The minimum Gasteiger partial charge on any atom is -0.381 e. The molecule has 1 heterocycles. The number of hydrogen-bond donors (Lipinski definition) is 1. The maximum Gasteiger partial charge on any atom is 0.172 e. The van der Waals surface area contributed by atoms with Crippen LogP contribution in [-0.2, 0) is 0 Å². The topological polar surface area (TPSA) is 55.0 Å². The zero-order valence-corrected chi connectivity index (χ0v) is 12.2. The molecule has 1 saturated carbocycles. The van der Waals surface area contributed by atoms with Gasteiger partial charge in [0.25, 0.3) is 0 Å². The molecule has 4 heteroatoms. The van der Waals surface area contributed by atoms with Gasteiger partial charge < -0.3 is 10.6 Å². The lowest BCUT2D eigenvalue weighted by molar-refractivity contribution is 0.336. The van der Waals surface area contributed by atoms with E-state index in [4.69, 9.17) is 10.7 Å². The fourth-order valence-electron chi connectivity index (χ4n) is 3.19. The van der Waals surface area contributed by atoms with Gasteiger partial charge in [0.2, 0.25) is 0 Å². The van der Waals surface area contributed by atoms with Crippen LogP contribution in [-0.4, -0.2) is 23.1 Å². The molecule has 1 aromatic heterocycles. The molecular formula is C16H22N4. The van der Waals surface area contributed by atoms with Crippen molar-refractivity contribution in [2.24, 2.45) is 5.92 Å². The fourth-order valence-corrected chi connectivity index (χ4v) is 3.19. The minimum atomic E-state index is 0.525. The predicted molar refractivity (Wildman–Crippen MR) is 83.8 cm³/mol. The lowest BCUT2D eigenvalue weighted by Crippen LogP contribution is -2.36. The molecule has 2 N–H and O–H groups in total. The van der Waals surface area contributed by atoms with Crippen LogP contribution >= 0.6 is 0 Å². The number of nitrogen functional groups attached to an aromatic ring is 1. The van der Waals surface area contributed by atoms with Crippen molar-refractivity contribution in [1.29, 1.82) is 0 Å². The van der Waals surface area contributed by atoms with Crippen LogP contribution in [0.25, 0.3) is 11.0 Å². The number of para-hydroxylation sites is 2. The van der Waals surface area contributed by atoms with E-state index in [1.165, 1.54) is 25.7 Å². The third kappa shape index (κ3) is 2.42. The number of aromatic nitrogens is 2. The standard InChI is InChI=1S/C16H22N4/c1-11-6-5-7-12(10-11)20(2)16-15(17)18-13-8-3-4-9-14(13)19-16/h3-4,8-9,11-12H,5-7,10H2,1-2H3,(H2,17,18). The highest BCUT2D eigenvalue weighted by Crippen LogP contribution is 2.31. The van der Waals surface area contributed by atoms with Crippen molar-refractivity contribution in [2.45, 2.75) is 38.6 Å². The molecule has 1 aliphatic rings. The molecular weight excluding hydrogens is 248 g/mol. The molecule has 2 unspecified atom stereocenters. The maximum absolute atomic E-state index is 6.11. The van der Waals surface area contributed by atoms with Gasteiger partial charge in [-0.3, -0.25) is 0 Å². The van der Waals surface area contributed by atoms with E-state index in [1.54, 1.807) is 0 Å². The number of benzene rings is 1. The van der Waals surface area contributed by atoms with Crippen LogP contribution in [0.15, 0.2) is 24.3 Å². The lowest BCUT2D eigenvalue weighted by atomic mass is 9.86. The summed E-state index contributed by atoms with van der Waals surface area (Å²) >= 11 is 0. The van der Waals surface area contributed by atoms with Gasteiger partial charge >= 0.3 is 0 Å². The molecule has 1 aliphatic carbocycles. The highest BCUT2D eigenvalue weighted by atomic mass is 15.2. The minimum absolute atomic E-state index is 0.525. The third-order valence-corrected chi connectivity index (χ3v) is 4.37. The summed E-state index contributed by atoms with van der Waals surface area (Å²) < 4.78 is 0. The molecule has 2 aromatic rings. The Morgan fingerprint density at radius 3 is 2.55 bits per heavy atom. The molecule has 1 fully saturated rings. The van der Waals surface area contributed by atoms with E-state index < -0.39 is 0 Å². The summed E-state index contributed by atoms with van der Waals surface area (Å²) in [4.78, 5) is 11.4. The van der Waals surface area contributed by atoms with Gasteiger partial charge in [-0.25, -0.2) is 9.97 Å². The summed E-state index contributed by atoms with van der Waals surface area (Å²) in [6.07, 6.45) is 5.06. The summed E-state index contributed by atoms with van der Waals surface area (Å²) in [6.45, 7) is 2.33. The largest absolute Gasteiger partial charge is 0.381 e. The summed E-state index contributed by atoms with van der Waals surface area (Å²) in [5.74, 6) is 2.14. The van der Waals surface area contributed by atoms with E-state index in [2.05, 4.69) is 23.9 Å². The Kier molecular flexibility index (Phi) is 3.47. The smallest absolute Gasteiger partial charge is 0.172 e. The molecule has 0 radical (unpaired) electrons. The van der Waals surface area contributed by atoms with Crippen molar-refractivity contribution in [1.82, 2.24) is 9.97 Å². The molecule has 1 aromatic carbocycles. The quantitative estimate of drug-likeness (QED) is 0.910. The first-order valence-electron chi connectivity index (χ1n) is 7.40. The van der Waals surface area contributed by atoms with Gasteiger partial charge in [0.1, 0.15) is 0 Å². The van der Waals surface area contributed by atoms with Gasteiger partial charge in [-0.1, -0.05) is 31.9 Å². The second-order valence-electron chi connectivity index (χ2n) is 5.96. The monoisotopic (exact) mass is 270 g/mol. The molecule has 0 bridgehead atoms. The van der Waals surface area contributed by atoms with E-state index in [-0.39, 0.29) is 0 Å². The Bertz CT molecular complexity index is 610. The molecule has 2 atom stereocenters. The Balaban J connectivity index is 1.94. The Labute approximate surface area is 120 Å². The summed E-state index contributed by atoms with van der Waals surface area (Å²) in [5, 5.41) is 0. The van der Waals surface area contributed by atoms with E-state index in [9.17, 15) is 0 Å². The first kappa shape index (κ1) is 13.2. The van der Waals surface area contributed by atoms with Crippen LogP contribution in [0, 0.1) is 5.92 Å². The second-order valence-corrected chi connectivity index (χ2v) is 5.96. The molecule has 4 nitrogen and oxygen atoms in total. The first-order valence-corrected chi connectivity index (χ1v) is 7.40. The van der Waals surface area contributed by atoms with E-state index >= 15 is 0 Å². The fraction of sp³-hybridized carbons (Fsp3) is 0.500. The highest BCUT2D eigenvalue weighted by molar-refractivity contribution is 5.79. The highest BCUT2D eigenvalue weighted by Gasteiger charge is 2.24. The number of rotatable bonds is 2. The molecule has 20 heavy (non-hydrogen) atoms. The summed E-state index contributed by atoms with van der Waals surface area (Å²) in [7, 11) is 2.10. The van der Waals surface area contributed by atoms with Crippen LogP contribution in [0.3, 0.4) is 0 Å². The number of hydrogen-bond acceptors (Lipinski definition) is 4.